The molecule has 168 valence electrons. The molecule has 0 heterocycles. The number of aromatic hydroxyl groups is 2. The summed E-state index contributed by atoms with van der Waals surface area (Å²) in [6.07, 6.45) is 0. The van der Waals surface area contributed by atoms with Crippen LogP contribution >= 0.6 is 7.92 Å². The van der Waals surface area contributed by atoms with Gasteiger partial charge in [-0.3, -0.25) is 0 Å². The molecule has 4 aromatic rings. The Bertz CT molecular complexity index is 1140. The van der Waals surface area contributed by atoms with Crippen molar-refractivity contribution in [3.05, 3.63) is 118 Å². The molecular weight excluding hydrogens is 423 g/mol. The zero-order chi connectivity index (χ0) is 23.8. The van der Waals surface area contributed by atoms with Gasteiger partial charge in [0.1, 0.15) is 11.5 Å². The minimum Gasteiger partial charge on any atom is -0.507 e. The molecule has 33 heavy (non-hydrogen) atoms. The third-order valence-electron chi connectivity index (χ3n) is 6.58. The SMILES string of the molecule is Cc1cc(C(C)(c2cc(C)c(O)c(C)c2)P(c2ccccc2)c2ccccc2)cc(C)c1O. The van der Waals surface area contributed by atoms with Gasteiger partial charge >= 0.3 is 0 Å². The van der Waals surface area contributed by atoms with Crippen LogP contribution in [0.15, 0.2) is 84.9 Å². The first kappa shape index (κ1) is 23.1. The second-order valence-corrected chi connectivity index (χ2v) is 11.6. The predicted molar refractivity (Wildman–Crippen MR) is 141 cm³/mol. The van der Waals surface area contributed by atoms with Crippen LogP contribution in [-0.4, -0.2) is 10.2 Å². The van der Waals surface area contributed by atoms with Crippen molar-refractivity contribution in [3.63, 3.8) is 0 Å². The number of rotatable bonds is 5. The topological polar surface area (TPSA) is 40.5 Å². The van der Waals surface area contributed by atoms with Gasteiger partial charge in [0.2, 0.25) is 0 Å². The number of aryl methyl sites for hydroxylation is 4. The van der Waals surface area contributed by atoms with Crippen molar-refractivity contribution in [1.82, 2.24) is 0 Å². The standard InChI is InChI=1S/C30H31O2P/c1-20-16-24(17-21(2)28(20)31)30(5,25-18-22(3)29(32)23(4)19-25)33(26-12-8-6-9-13-26)27-14-10-7-11-15-27/h6-19,31-32H,1-5H3. The molecule has 2 N–H and O–H groups in total. The van der Waals surface area contributed by atoms with E-state index in [0.29, 0.717) is 11.5 Å². The van der Waals surface area contributed by atoms with Crippen molar-refractivity contribution in [3.8, 4) is 11.5 Å². The van der Waals surface area contributed by atoms with E-state index in [1.54, 1.807) is 0 Å². The highest BCUT2D eigenvalue weighted by molar-refractivity contribution is 7.74. The average molecular weight is 455 g/mol. The molecule has 0 radical (unpaired) electrons. The van der Waals surface area contributed by atoms with Gasteiger partial charge in [0.15, 0.2) is 0 Å². The Balaban J connectivity index is 2.11. The number of hydrogen-bond acceptors (Lipinski definition) is 2. The van der Waals surface area contributed by atoms with Crippen LogP contribution in [0.5, 0.6) is 11.5 Å². The minimum atomic E-state index is -0.881. The molecule has 0 bridgehead atoms. The zero-order valence-corrected chi connectivity index (χ0v) is 20.8. The number of phenolic OH excluding ortho intramolecular Hbond substituents is 2. The molecule has 0 unspecified atom stereocenters. The fourth-order valence-corrected chi connectivity index (χ4v) is 7.76. The molecule has 4 aromatic carbocycles. The van der Waals surface area contributed by atoms with Crippen molar-refractivity contribution in [2.45, 2.75) is 39.8 Å². The van der Waals surface area contributed by atoms with Crippen molar-refractivity contribution < 1.29 is 10.2 Å². The normalized spacial score (nSPS) is 11.7. The van der Waals surface area contributed by atoms with Crippen LogP contribution in [0.1, 0.15) is 40.3 Å². The highest BCUT2D eigenvalue weighted by Crippen LogP contribution is 2.59. The first-order valence-corrected chi connectivity index (χ1v) is 12.6. The van der Waals surface area contributed by atoms with Crippen LogP contribution in [0, 0.1) is 27.7 Å². The van der Waals surface area contributed by atoms with Crippen molar-refractivity contribution in [2.24, 2.45) is 0 Å². The van der Waals surface area contributed by atoms with Crippen LogP contribution in [-0.2, 0) is 5.16 Å². The van der Waals surface area contributed by atoms with Crippen LogP contribution in [0.3, 0.4) is 0 Å². The van der Waals surface area contributed by atoms with Crippen LogP contribution in [0.4, 0.5) is 0 Å². The maximum atomic E-state index is 10.5. The number of phenols is 2. The van der Waals surface area contributed by atoms with E-state index in [1.807, 2.05) is 27.7 Å². The molecule has 2 nitrogen and oxygen atoms in total. The molecule has 0 fully saturated rings. The molecule has 0 aliphatic heterocycles. The Morgan fingerprint density at radius 1 is 0.545 bits per heavy atom. The van der Waals surface area contributed by atoms with Crippen LogP contribution in [0.2, 0.25) is 0 Å². The van der Waals surface area contributed by atoms with Crippen molar-refractivity contribution in [1.29, 1.82) is 0 Å². The quantitative estimate of drug-likeness (QED) is 0.328. The van der Waals surface area contributed by atoms with E-state index in [9.17, 15) is 10.2 Å². The van der Waals surface area contributed by atoms with Gasteiger partial charge in [-0.2, -0.15) is 0 Å². The van der Waals surface area contributed by atoms with Crippen LogP contribution in [0.25, 0.3) is 0 Å². The second kappa shape index (κ2) is 9.04. The molecule has 0 aliphatic carbocycles. The van der Waals surface area contributed by atoms with Gasteiger partial charge in [0, 0.05) is 5.16 Å². The summed E-state index contributed by atoms with van der Waals surface area (Å²) in [5, 5.41) is 23.2. The van der Waals surface area contributed by atoms with E-state index in [0.717, 1.165) is 22.3 Å². The molecular formula is C30H31O2P. The zero-order valence-electron chi connectivity index (χ0n) is 19.9. The van der Waals surface area contributed by atoms with Crippen LogP contribution < -0.4 is 10.6 Å². The summed E-state index contributed by atoms with van der Waals surface area (Å²) in [5.74, 6) is 0.700. The van der Waals surface area contributed by atoms with E-state index >= 15 is 0 Å². The van der Waals surface area contributed by atoms with Gasteiger partial charge in [-0.25, -0.2) is 0 Å². The highest BCUT2D eigenvalue weighted by atomic mass is 31.1. The molecule has 0 spiro atoms. The van der Waals surface area contributed by atoms with Gasteiger partial charge < -0.3 is 10.2 Å². The third kappa shape index (κ3) is 4.16. The summed E-state index contributed by atoms with van der Waals surface area (Å²) in [5.41, 5.74) is 5.83. The smallest absolute Gasteiger partial charge is 0.121 e. The maximum absolute atomic E-state index is 10.5. The van der Waals surface area contributed by atoms with Crippen molar-refractivity contribution >= 4 is 18.5 Å². The van der Waals surface area contributed by atoms with Gasteiger partial charge in [0.05, 0.1) is 0 Å². The summed E-state index contributed by atoms with van der Waals surface area (Å²) in [4.78, 5) is 0. The predicted octanol–water partition coefficient (Wildman–Crippen LogP) is 6.73. The van der Waals surface area contributed by atoms with E-state index in [-0.39, 0.29) is 0 Å². The summed E-state index contributed by atoms with van der Waals surface area (Å²) in [6.45, 7) is 10.2. The highest BCUT2D eigenvalue weighted by Gasteiger charge is 2.40. The van der Waals surface area contributed by atoms with Gasteiger partial charge in [-0.1, -0.05) is 84.9 Å². The Hall–Kier alpha value is -3.09. The summed E-state index contributed by atoms with van der Waals surface area (Å²) >= 11 is 0. The Morgan fingerprint density at radius 3 is 1.15 bits per heavy atom. The number of benzene rings is 4. The first-order valence-electron chi connectivity index (χ1n) is 11.2. The summed E-state index contributed by atoms with van der Waals surface area (Å²) in [7, 11) is -0.881. The van der Waals surface area contributed by atoms with E-state index in [1.165, 1.54) is 21.7 Å². The van der Waals surface area contributed by atoms with Gasteiger partial charge in [-0.05, 0) is 86.5 Å². The monoisotopic (exact) mass is 454 g/mol. The largest absolute Gasteiger partial charge is 0.507 e. The molecule has 0 saturated carbocycles. The lowest BCUT2D eigenvalue weighted by Crippen LogP contribution is -2.31. The Kier molecular flexibility index (Phi) is 6.32. The first-order chi connectivity index (χ1) is 15.7. The fourth-order valence-electron chi connectivity index (χ4n) is 4.72. The molecule has 0 aromatic heterocycles. The molecule has 0 aliphatic rings. The summed E-state index contributed by atoms with van der Waals surface area (Å²) < 4.78 is 0. The van der Waals surface area contributed by atoms with Gasteiger partial charge in [0.25, 0.3) is 0 Å². The lowest BCUT2D eigenvalue weighted by molar-refractivity contribution is 0.466. The lowest BCUT2D eigenvalue weighted by atomic mass is 9.87. The minimum absolute atomic E-state index is 0.350. The summed E-state index contributed by atoms with van der Waals surface area (Å²) in [6, 6.07) is 29.9. The third-order valence-corrected chi connectivity index (χ3v) is 9.62. The Labute approximate surface area is 198 Å². The molecule has 0 amide bonds. The molecule has 3 heteroatoms. The average Bonchev–Trinajstić information content (AvgIpc) is 2.81. The van der Waals surface area contributed by atoms with Gasteiger partial charge in [-0.15, -0.1) is 0 Å². The van der Waals surface area contributed by atoms with Crippen molar-refractivity contribution in [2.75, 3.05) is 0 Å². The second-order valence-electron chi connectivity index (χ2n) is 9.00. The molecule has 0 saturated heterocycles. The van der Waals surface area contributed by atoms with E-state index < -0.39 is 13.1 Å². The fraction of sp³-hybridized carbons (Fsp3) is 0.200. The molecule has 0 atom stereocenters. The Morgan fingerprint density at radius 2 is 0.848 bits per heavy atom. The maximum Gasteiger partial charge on any atom is 0.121 e. The molecule has 4 rings (SSSR count). The number of hydrogen-bond donors (Lipinski definition) is 2. The van der Waals surface area contributed by atoms with E-state index in [2.05, 4.69) is 91.9 Å². The van der Waals surface area contributed by atoms with E-state index in [4.69, 9.17) is 0 Å². The lowest BCUT2D eigenvalue weighted by Gasteiger charge is -2.41.